The molecule has 0 unspecified atom stereocenters. The molecule has 0 aliphatic rings. The van der Waals surface area contributed by atoms with E-state index in [4.69, 9.17) is 5.11 Å². The van der Waals surface area contributed by atoms with Crippen LogP contribution < -0.4 is 5.32 Å². The molecule has 0 aliphatic heterocycles. The summed E-state index contributed by atoms with van der Waals surface area (Å²) in [5.74, 6) is -0.597. The quantitative estimate of drug-likeness (QED) is 0.695. The van der Waals surface area contributed by atoms with Gasteiger partial charge in [0.05, 0.1) is 18.6 Å². The van der Waals surface area contributed by atoms with E-state index < -0.39 is 12.1 Å². The number of carboxylic acids is 1. The van der Waals surface area contributed by atoms with E-state index in [1.807, 2.05) is 44.2 Å². The van der Waals surface area contributed by atoms with Crippen LogP contribution in [-0.2, 0) is 4.79 Å². The number of hydrogen-bond donors (Lipinski definition) is 3. The third-order valence-corrected chi connectivity index (χ3v) is 2.70. The van der Waals surface area contributed by atoms with Crippen LogP contribution in [0, 0.1) is 5.92 Å². The molecule has 0 aliphatic carbocycles. The van der Waals surface area contributed by atoms with Crippen LogP contribution in [0.25, 0.3) is 0 Å². The number of aliphatic carboxylic acids is 1. The third kappa shape index (κ3) is 5.19. The fraction of sp³-hybridized carbons (Fsp3) is 0.500. The van der Waals surface area contributed by atoms with Crippen molar-refractivity contribution in [3.8, 4) is 0 Å². The predicted molar refractivity (Wildman–Crippen MR) is 71.6 cm³/mol. The van der Waals surface area contributed by atoms with Crippen molar-refractivity contribution in [3.05, 3.63) is 30.3 Å². The number of para-hydroxylation sites is 1. The molecular weight excluding hydrogens is 230 g/mol. The van der Waals surface area contributed by atoms with E-state index in [1.165, 1.54) is 0 Å². The number of aliphatic hydroxyl groups excluding tert-OH is 1. The number of carbonyl (C=O) groups is 1. The molecule has 0 spiro atoms. The zero-order valence-electron chi connectivity index (χ0n) is 10.8. The minimum Gasteiger partial charge on any atom is -0.481 e. The predicted octanol–water partition coefficient (Wildman–Crippen LogP) is 2.35. The Bertz CT molecular complexity index is 365. The highest BCUT2D eigenvalue weighted by atomic mass is 16.4. The van der Waals surface area contributed by atoms with Crippen LogP contribution in [0.5, 0.6) is 0 Å². The Hall–Kier alpha value is -1.55. The van der Waals surface area contributed by atoms with Gasteiger partial charge in [-0.1, -0.05) is 32.0 Å². The highest BCUT2D eigenvalue weighted by Crippen LogP contribution is 2.17. The van der Waals surface area contributed by atoms with Crippen molar-refractivity contribution in [3.63, 3.8) is 0 Å². The maximum Gasteiger partial charge on any atom is 0.306 e. The van der Waals surface area contributed by atoms with E-state index in [9.17, 15) is 9.90 Å². The van der Waals surface area contributed by atoms with E-state index in [0.717, 1.165) is 12.1 Å². The first-order chi connectivity index (χ1) is 8.49. The second kappa shape index (κ2) is 7.01. The van der Waals surface area contributed by atoms with Gasteiger partial charge in [0.15, 0.2) is 0 Å². The van der Waals surface area contributed by atoms with Crippen LogP contribution in [0.15, 0.2) is 30.3 Å². The lowest BCUT2D eigenvalue weighted by atomic mass is 9.97. The molecule has 18 heavy (non-hydrogen) atoms. The second-order valence-electron chi connectivity index (χ2n) is 4.91. The molecule has 2 atom stereocenters. The molecule has 0 amide bonds. The van der Waals surface area contributed by atoms with Gasteiger partial charge in [-0.15, -0.1) is 0 Å². The Morgan fingerprint density at radius 1 is 1.28 bits per heavy atom. The maximum absolute atomic E-state index is 10.7. The lowest BCUT2D eigenvalue weighted by Crippen LogP contribution is -2.36. The van der Waals surface area contributed by atoms with Crippen LogP contribution in [0.3, 0.4) is 0 Å². The highest BCUT2D eigenvalue weighted by molar-refractivity contribution is 5.67. The molecule has 1 rings (SSSR count). The summed E-state index contributed by atoms with van der Waals surface area (Å²) in [7, 11) is 0. The van der Waals surface area contributed by atoms with Gasteiger partial charge in [-0.3, -0.25) is 4.79 Å². The summed E-state index contributed by atoms with van der Waals surface area (Å²) in [5.41, 5.74) is 0.896. The first kappa shape index (κ1) is 14.5. The lowest BCUT2D eigenvalue weighted by Gasteiger charge is -2.25. The Morgan fingerprint density at radius 3 is 2.39 bits per heavy atom. The molecule has 100 valence electrons. The summed E-state index contributed by atoms with van der Waals surface area (Å²) < 4.78 is 0. The van der Waals surface area contributed by atoms with Crippen LogP contribution in [0.2, 0.25) is 0 Å². The molecular formula is C14H21NO3. The standard InChI is InChI=1S/C14H21NO3/c1-10(2)8-12(13(16)9-14(17)18)15-11-6-4-3-5-7-11/h3-7,10,12-13,15-16H,8-9H2,1-2H3,(H,17,18)/t12-,13-/m0/s1. The van der Waals surface area contributed by atoms with Gasteiger partial charge in [-0.2, -0.15) is 0 Å². The number of hydrogen-bond acceptors (Lipinski definition) is 3. The van der Waals surface area contributed by atoms with Gasteiger partial charge in [0, 0.05) is 5.69 Å². The monoisotopic (exact) mass is 251 g/mol. The summed E-state index contributed by atoms with van der Waals surface area (Å²) in [6.07, 6.45) is -0.397. The van der Waals surface area contributed by atoms with Gasteiger partial charge in [-0.05, 0) is 24.5 Å². The molecule has 0 aromatic heterocycles. The summed E-state index contributed by atoms with van der Waals surface area (Å²) >= 11 is 0. The van der Waals surface area contributed by atoms with Crippen LogP contribution in [0.4, 0.5) is 5.69 Å². The zero-order chi connectivity index (χ0) is 13.5. The van der Waals surface area contributed by atoms with E-state index >= 15 is 0 Å². The Kier molecular flexibility index (Phi) is 5.65. The minimum atomic E-state index is -0.980. The number of anilines is 1. The van der Waals surface area contributed by atoms with Crippen molar-refractivity contribution in [2.75, 3.05) is 5.32 Å². The fourth-order valence-electron chi connectivity index (χ4n) is 1.89. The van der Waals surface area contributed by atoms with E-state index in [-0.39, 0.29) is 12.5 Å². The van der Waals surface area contributed by atoms with Crippen molar-refractivity contribution < 1.29 is 15.0 Å². The van der Waals surface area contributed by atoms with Crippen molar-refractivity contribution >= 4 is 11.7 Å². The zero-order valence-corrected chi connectivity index (χ0v) is 10.8. The van der Waals surface area contributed by atoms with Crippen molar-refractivity contribution in [2.45, 2.75) is 38.8 Å². The summed E-state index contributed by atoms with van der Waals surface area (Å²) in [6.45, 7) is 4.10. The molecule has 4 heteroatoms. The Labute approximate surface area is 108 Å². The maximum atomic E-state index is 10.7. The molecule has 4 nitrogen and oxygen atoms in total. The highest BCUT2D eigenvalue weighted by Gasteiger charge is 2.22. The van der Waals surface area contributed by atoms with Crippen LogP contribution in [-0.4, -0.2) is 28.3 Å². The molecule has 0 radical (unpaired) electrons. The average Bonchev–Trinajstić information content (AvgIpc) is 2.28. The van der Waals surface area contributed by atoms with Gasteiger partial charge in [0.25, 0.3) is 0 Å². The summed E-state index contributed by atoms with van der Waals surface area (Å²) in [6, 6.07) is 9.28. The number of nitrogens with one attached hydrogen (secondary N) is 1. The summed E-state index contributed by atoms with van der Waals surface area (Å²) in [5, 5.41) is 21.9. The van der Waals surface area contributed by atoms with E-state index in [2.05, 4.69) is 5.32 Å². The molecule has 0 fully saturated rings. The number of carboxylic acid groups (broad SMARTS) is 1. The first-order valence-electron chi connectivity index (χ1n) is 6.20. The first-order valence-corrected chi connectivity index (χ1v) is 6.20. The van der Waals surface area contributed by atoms with Crippen LogP contribution in [0.1, 0.15) is 26.7 Å². The molecule has 1 aromatic rings. The van der Waals surface area contributed by atoms with Gasteiger partial charge in [-0.25, -0.2) is 0 Å². The number of benzene rings is 1. The van der Waals surface area contributed by atoms with E-state index in [0.29, 0.717) is 5.92 Å². The molecule has 0 heterocycles. The fourth-order valence-corrected chi connectivity index (χ4v) is 1.89. The molecule has 1 aromatic carbocycles. The normalized spacial score (nSPS) is 14.2. The lowest BCUT2D eigenvalue weighted by molar-refractivity contribution is -0.139. The van der Waals surface area contributed by atoms with Crippen molar-refractivity contribution in [2.24, 2.45) is 5.92 Å². The molecule has 0 bridgehead atoms. The molecule has 0 saturated heterocycles. The number of aliphatic hydroxyl groups is 1. The van der Waals surface area contributed by atoms with Crippen molar-refractivity contribution in [1.29, 1.82) is 0 Å². The minimum absolute atomic E-state index is 0.239. The van der Waals surface area contributed by atoms with Gasteiger partial charge < -0.3 is 15.5 Å². The van der Waals surface area contributed by atoms with E-state index in [1.54, 1.807) is 0 Å². The number of rotatable bonds is 7. The molecule has 3 N–H and O–H groups in total. The summed E-state index contributed by atoms with van der Waals surface area (Å²) in [4.78, 5) is 10.7. The van der Waals surface area contributed by atoms with Gasteiger partial charge in [0.1, 0.15) is 0 Å². The van der Waals surface area contributed by atoms with Crippen LogP contribution >= 0.6 is 0 Å². The molecule has 0 saturated carbocycles. The van der Waals surface area contributed by atoms with Crippen molar-refractivity contribution in [1.82, 2.24) is 0 Å². The topological polar surface area (TPSA) is 69.6 Å². The smallest absolute Gasteiger partial charge is 0.306 e. The largest absolute Gasteiger partial charge is 0.481 e. The SMILES string of the molecule is CC(C)C[C@H](Nc1ccccc1)[C@@H](O)CC(=O)O. The second-order valence-corrected chi connectivity index (χ2v) is 4.91. The van der Waals surface area contributed by atoms with Gasteiger partial charge in [0.2, 0.25) is 0 Å². The van der Waals surface area contributed by atoms with Gasteiger partial charge >= 0.3 is 5.97 Å². The average molecular weight is 251 g/mol. The Balaban J connectivity index is 2.68. The Morgan fingerprint density at radius 2 is 1.89 bits per heavy atom. The third-order valence-electron chi connectivity index (χ3n) is 2.70.